The molecule has 0 amide bonds. The first-order valence-electron chi connectivity index (χ1n) is 6.52. The van der Waals surface area contributed by atoms with Crippen molar-refractivity contribution in [3.8, 4) is 0 Å². The first-order valence-corrected chi connectivity index (χ1v) is 6.52. The van der Waals surface area contributed by atoms with E-state index in [1.54, 1.807) is 0 Å². The Morgan fingerprint density at radius 3 is 2.27 bits per heavy atom. The van der Waals surface area contributed by atoms with Gasteiger partial charge in [0.2, 0.25) is 0 Å². The quantitative estimate of drug-likeness (QED) is 0.548. The average molecular weight is 210 g/mol. The highest BCUT2D eigenvalue weighted by molar-refractivity contribution is 5.83. The maximum Gasteiger partial charge on any atom is 0.0971 e. The van der Waals surface area contributed by atoms with E-state index >= 15 is 0 Å². The van der Waals surface area contributed by atoms with Crippen molar-refractivity contribution in [2.24, 2.45) is 22.6 Å². The number of hydrogen-bond donors (Lipinski definition) is 1. The molecular formula is C13H26N2. The molecule has 1 saturated carbocycles. The van der Waals surface area contributed by atoms with Crippen LogP contribution in [-0.2, 0) is 0 Å². The fourth-order valence-electron chi connectivity index (χ4n) is 2.64. The van der Waals surface area contributed by atoms with Gasteiger partial charge < -0.3 is 5.73 Å². The molecule has 2 heteroatoms. The summed E-state index contributed by atoms with van der Waals surface area (Å²) in [7, 11) is 0. The van der Waals surface area contributed by atoms with Crippen LogP contribution in [0, 0.1) is 11.8 Å². The number of aliphatic imine (C=N–C) groups is 1. The summed E-state index contributed by atoms with van der Waals surface area (Å²) in [6, 6.07) is 0.403. The van der Waals surface area contributed by atoms with Crippen LogP contribution in [0.15, 0.2) is 4.99 Å². The highest BCUT2D eigenvalue weighted by Gasteiger charge is 2.20. The third kappa shape index (κ3) is 3.51. The Morgan fingerprint density at radius 2 is 1.80 bits per heavy atom. The summed E-state index contributed by atoms with van der Waals surface area (Å²) in [4.78, 5) is 4.70. The summed E-state index contributed by atoms with van der Waals surface area (Å²) in [5.74, 6) is 2.21. The first-order chi connectivity index (χ1) is 7.19. The standard InChI is InChI=1S/C13H26N2/c1-4-11(5-2)10(3)15-13(14)12-8-6-7-9-12/h10-12H,4-9H2,1-3H3,(H2,14,15). The number of nitrogens with two attached hydrogens (primary N) is 1. The average Bonchev–Trinajstić information content (AvgIpc) is 2.72. The molecule has 0 bridgehead atoms. The van der Waals surface area contributed by atoms with Crippen molar-refractivity contribution in [1.82, 2.24) is 0 Å². The molecule has 0 radical (unpaired) electrons. The normalized spacial score (nSPS) is 21.2. The van der Waals surface area contributed by atoms with E-state index in [-0.39, 0.29) is 0 Å². The molecule has 1 atom stereocenters. The van der Waals surface area contributed by atoms with Gasteiger partial charge in [0.05, 0.1) is 11.9 Å². The summed E-state index contributed by atoms with van der Waals surface area (Å²) in [5, 5.41) is 0. The Kier molecular flexibility index (Phi) is 5.13. The predicted molar refractivity (Wildman–Crippen MR) is 67.1 cm³/mol. The van der Waals surface area contributed by atoms with E-state index in [0.29, 0.717) is 17.9 Å². The molecule has 0 spiro atoms. The van der Waals surface area contributed by atoms with E-state index in [4.69, 9.17) is 10.7 Å². The zero-order chi connectivity index (χ0) is 11.3. The van der Waals surface area contributed by atoms with Crippen molar-refractivity contribution < 1.29 is 0 Å². The zero-order valence-corrected chi connectivity index (χ0v) is 10.5. The Balaban J connectivity index is 2.52. The van der Waals surface area contributed by atoms with E-state index < -0.39 is 0 Å². The van der Waals surface area contributed by atoms with Gasteiger partial charge in [-0.05, 0) is 25.7 Å². The lowest BCUT2D eigenvalue weighted by atomic mass is 9.95. The Bertz CT molecular complexity index is 201. The van der Waals surface area contributed by atoms with E-state index in [2.05, 4.69) is 20.8 Å². The van der Waals surface area contributed by atoms with Crippen LogP contribution in [0.4, 0.5) is 0 Å². The molecule has 0 aromatic rings. The minimum atomic E-state index is 0.403. The highest BCUT2D eigenvalue weighted by atomic mass is 14.9. The first kappa shape index (κ1) is 12.5. The molecule has 0 aromatic carbocycles. The van der Waals surface area contributed by atoms with Crippen LogP contribution >= 0.6 is 0 Å². The number of amidine groups is 1. The number of hydrogen-bond acceptors (Lipinski definition) is 1. The maximum absolute atomic E-state index is 6.08. The second kappa shape index (κ2) is 6.14. The van der Waals surface area contributed by atoms with Gasteiger partial charge in [-0.15, -0.1) is 0 Å². The molecule has 1 aliphatic carbocycles. The summed E-state index contributed by atoms with van der Waals surface area (Å²) in [6.45, 7) is 6.69. The third-order valence-corrected chi connectivity index (χ3v) is 3.86. The molecule has 15 heavy (non-hydrogen) atoms. The summed E-state index contributed by atoms with van der Waals surface area (Å²) >= 11 is 0. The van der Waals surface area contributed by atoms with Crippen molar-refractivity contribution in [2.45, 2.75) is 65.3 Å². The van der Waals surface area contributed by atoms with Crippen LogP contribution in [0.2, 0.25) is 0 Å². The fourth-order valence-corrected chi connectivity index (χ4v) is 2.64. The maximum atomic E-state index is 6.08. The predicted octanol–water partition coefficient (Wildman–Crippen LogP) is 3.36. The lowest BCUT2D eigenvalue weighted by molar-refractivity contribution is 0.417. The summed E-state index contributed by atoms with van der Waals surface area (Å²) in [6.07, 6.45) is 7.59. The molecule has 1 aliphatic rings. The van der Waals surface area contributed by atoms with Crippen molar-refractivity contribution >= 4 is 5.84 Å². The lowest BCUT2D eigenvalue weighted by Crippen LogP contribution is -2.25. The molecule has 0 aliphatic heterocycles. The lowest BCUT2D eigenvalue weighted by Gasteiger charge is -2.19. The van der Waals surface area contributed by atoms with Crippen LogP contribution in [0.3, 0.4) is 0 Å². The largest absolute Gasteiger partial charge is 0.387 e. The minimum absolute atomic E-state index is 0.403. The molecule has 1 rings (SSSR count). The van der Waals surface area contributed by atoms with Gasteiger partial charge in [-0.3, -0.25) is 4.99 Å². The highest BCUT2D eigenvalue weighted by Crippen LogP contribution is 2.25. The number of rotatable bonds is 5. The number of nitrogens with zero attached hydrogens (tertiary/aromatic N) is 1. The second-order valence-corrected chi connectivity index (χ2v) is 4.85. The van der Waals surface area contributed by atoms with E-state index in [1.807, 2.05) is 0 Å². The van der Waals surface area contributed by atoms with Crippen LogP contribution in [-0.4, -0.2) is 11.9 Å². The molecule has 0 aromatic heterocycles. The van der Waals surface area contributed by atoms with Crippen molar-refractivity contribution in [3.63, 3.8) is 0 Å². The van der Waals surface area contributed by atoms with Gasteiger partial charge in [0.15, 0.2) is 0 Å². The monoisotopic (exact) mass is 210 g/mol. The van der Waals surface area contributed by atoms with E-state index in [0.717, 1.165) is 5.84 Å². The Morgan fingerprint density at radius 1 is 1.27 bits per heavy atom. The van der Waals surface area contributed by atoms with Crippen LogP contribution < -0.4 is 5.73 Å². The van der Waals surface area contributed by atoms with E-state index in [1.165, 1.54) is 38.5 Å². The summed E-state index contributed by atoms with van der Waals surface area (Å²) in [5.41, 5.74) is 6.08. The van der Waals surface area contributed by atoms with Gasteiger partial charge in [0.25, 0.3) is 0 Å². The zero-order valence-electron chi connectivity index (χ0n) is 10.5. The van der Waals surface area contributed by atoms with E-state index in [9.17, 15) is 0 Å². The summed E-state index contributed by atoms with van der Waals surface area (Å²) < 4.78 is 0. The molecule has 0 saturated heterocycles. The topological polar surface area (TPSA) is 38.4 Å². The van der Waals surface area contributed by atoms with Crippen molar-refractivity contribution in [3.05, 3.63) is 0 Å². The minimum Gasteiger partial charge on any atom is -0.387 e. The van der Waals surface area contributed by atoms with Gasteiger partial charge in [0.1, 0.15) is 0 Å². The molecule has 0 heterocycles. The van der Waals surface area contributed by atoms with Crippen molar-refractivity contribution in [2.75, 3.05) is 0 Å². The SMILES string of the molecule is CCC(CC)C(C)N=C(N)C1CCCC1. The molecule has 88 valence electrons. The van der Waals surface area contributed by atoms with Crippen LogP contribution in [0.25, 0.3) is 0 Å². The molecular weight excluding hydrogens is 184 g/mol. The Hall–Kier alpha value is -0.530. The molecule has 2 N–H and O–H groups in total. The fraction of sp³-hybridized carbons (Fsp3) is 0.923. The van der Waals surface area contributed by atoms with Gasteiger partial charge >= 0.3 is 0 Å². The van der Waals surface area contributed by atoms with Gasteiger partial charge in [-0.2, -0.15) is 0 Å². The van der Waals surface area contributed by atoms with Gasteiger partial charge in [0, 0.05) is 5.92 Å². The Labute approximate surface area is 94.3 Å². The molecule has 1 unspecified atom stereocenters. The third-order valence-electron chi connectivity index (χ3n) is 3.86. The van der Waals surface area contributed by atoms with Gasteiger partial charge in [-0.25, -0.2) is 0 Å². The van der Waals surface area contributed by atoms with Crippen LogP contribution in [0.5, 0.6) is 0 Å². The molecule has 2 nitrogen and oxygen atoms in total. The van der Waals surface area contributed by atoms with Crippen LogP contribution in [0.1, 0.15) is 59.3 Å². The second-order valence-electron chi connectivity index (χ2n) is 4.85. The molecule has 1 fully saturated rings. The van der Waals surface area contributed by atoms with Crippen molar-refractivity contribution in [1.29, 1.82) is 0 Å². The smallest absolute Gasteiger partial charge is 0.0971 e. The van der Waals surface area contributed by atoms with Gasteiger partial charge in [-0.1, -0.05) is 39.5 Å².